The molecule has 4 heteroatoms. The van der Waals surface area contributed by atoms with Crippen LogP contribution in [0.1, 0.15) is 31.9 Å². The van der Waals surface area contributed by atoms with Crippen molar-refractivity contribution < 1.29 is 0 Å². The van der Waals surface area contributed by atoms with Crippen LogP contribution >= 0.6 is 0 Å². The van der Waals surface area contributed by atoms with Crippen LogP contribution in [-0.2, 0) is 13.5 Å². The molecule has 1 rings (SSSR count). The van der Waals surface area contributed by atoms with E-state index in [-0.39, 0.29) is 5.54 Å². The molecule has 1 heterocycles. The van der Waals surface area contributed by atoms with Crippen LogP contribution in [0.15, 0.2) is 0 Å². The summed E-state index contributed by atoms with van der Waals surface area (Å²) in [5.74, 6) is 1.84. The molecule has 0 aliphatic rings. The van der Waals surface area contributed by atoms with Crippen LogP contribution in [0, 0.1) is 6.92 Å². The molecular weight excluding hydrogens is 164 g/mol. The Balaban J connectivity index is 2.59. The van der Waals surface area contributed by atoms with Crippen LogP contribution in [0.4, 0.5) is 0 Å². The van der Waals surface area contributed by atoms with Crippen molar-refractivity contribution in [1.82, 2.24) is 14.8 Å². The molecule has 1 aromatic rings. The van der Waals surface area contributed by atoms with E-state index in [4.69, 9.17) is 5.73 Å². The molecule has 13 heavy (non-hydrogen) atoms. The Bertz CT molecular complexity index is 282. The van der Waals surface area contributed by atoms with Gasteiger partial charge >= 0.3 is 0 Å². The normalized spacial score (nSPS) is 12.1. The van der Waals surface area contributed by atoms with Gasteiger partial charge in [-0.1, -0.05) is 0 Å². The Kier molecular flexibility index (Phi) is 2.71. The average Bonchev–Trinajstić information content (AvgIpc) is 2.24. The highest BCUT2D eigenvalue weighted by atomic mass is 15.3. The average molecular weight is 182 g/mol. The third kappa shape index (κ3) is 3.14. The molecule has 0 aliphatic heterocycles. The highest BCUT2D eigenvalue weighted by molar-refractivity contribution is 4.92. The zero-order valence-electron chi connectivity index (χ0n) is 8.83. The van der Waals surface area contributed by atoms with Gasteiger partial charge < -0.3 is 5.73 Å². The van der Waals surface area contributed by atoms with Crippen molar-refractivity contribution in [1.29, 1.82) is 0 Å². The third-order valence-electron chi connectivity index (χ3n) is 1.95. The smallest absolute Gasteiger partial charge is 0.147 e. The second-order valence-corrected chi connectivity index (χ2v) is 4.19. The fraction of sp³-hybridized carbons (Fsp3) is 0.778. The van der Waals surface area contributed by atoms with Gasteiger partial charge in [0.2, 0.25) is 0 Å². The van der Waals surface area contributed by atoms with Gasteiger partial charge in [-0.25, -0.2) is 4.98 Å². The highest BCUT2D eigenvalue weighted by Crippen LogP contribution is 2.08. The fourth-order valence-electron chi connectivity index (χ4n) is 1.21. The first kappa shape index (κ1) is 10.2. The van der Waals surface area contributed by atoms with Crippen LogP contribution in [0.25, 0.3) is 0 Å². The molecule has 1 aromatic heterocycles. The van der Waals surface area contributed by atoms with Crippen molar-refractivity contribution in [3.63, 3.8) is 0 Å². The maximum Gasteiger partial charge on any atom is 0.147 e. The summed E-state index contributed by atoms with van der Waals surface area (Å²) >= 11 is 0. The maximum absolute atomic E-state index is 5.88. The van der Waals surface area contributed by atoms with Crippen molar-refractivity contribution in [2.24, 2.45) is 12.8 Å². The zero-order chi connectivity index (χ0) is 10.1. The Morgan fingerprint density at radius 3 is 2.46 bits per heavy atom. The minimum Gasteiger partial charge on any atom is -0.326 e. The van der Waals surface area contributed by atoms with E-state index in [1.165, 1.54) is 0 Å². The molecule has 0 radical (unpaired) electrons. The van der Waals surface area contributed by atoms with Gasteiger partial charge in [-0.2, -0.15) is 5.10 Å². The molecule has 0 fully saturated rings. The summed E-state index contributed by atoms with van der Waals surface area (Å²) in [5, 5.41) is 4.18. The number of hydrogen-bond acceptors (Lipinski definition) is 3. The molecule has 0 unspecified atom stereocenters. The monoisotopic (exact) mass is 182 g/mol. The second kappa shape index (κ2) is 3.46. The summed E-state index contributed by atoms with van der Waals surface area (Å²) < 4.78 is 1.82. The summed E-state index contributed by atoms with van der Waals surface area (Å²) in [6, 6.07) is 0. The first-order valence-corrected chi connectivity index (χ1v) is 4.54. The van der Waals surface area contributed by atoms with Crippen LogP contribution in [0.3, 0.4) is 0 Å². The summed E-state index contributed by atoms with van der Waals surface area (Å²) in [5.41, 5.74) is 5.76. The van der Waals surface area contributed by atoms with Crippen molar-refractivity contribution >= 4 is 0 Å². The number of aryl methyl sites for hydroxylation is 3. The number of nitrogens with two attached hydrogens (primary N) is 1. The SMILES string of the molecule is Cc1nc(CCC(C)(C)N)n(C)n1. The molecule has 0 bridgehead atoms. The lowest BCUT2D eigenvalue weighted by atomic mass is 10.00. The van der Waals surface area contributed by atoms with Crippen molar-refractivity contribution in [2.45, 2.75) is 39.2 Å². The molecule has 2 N–H and O–H groups in total. The molecule has 0 atom stereocenters. The predicted octanol–water partition coefficient (Wildman–Crippen LogP) is 0.793. The van der Waals surface area contributed by atoms with Crippen molar-refractivity contribution in [3.8, 4) is 0 Å². The van der Waals surface area contributed by atoms with E-state index in [1.807, 2.05) is 32.5 Å². The van der Waals surface area contributed by atoms with Crippen LogP contribution in [0.5, 0.6) is 0 Å². The lowest BCUT2D eigenvalue weighted by molar-refractivity contribution is 0.465. The summed E-state index contributed by atoms with van der Waals surface area (Å²) in [6.45, 7) is 5.95. The van der Waals surface area contributed by atoms with Gasteiger partial charge in [0, 0.05) is 19.0 Å². The first-order chi connectivity index (χ1) is 5.88. The molecule has 0 aromatic carbocycles. The van der Waals surface area contributed by atoms with Gasteiger partial charge in [0.15, 0.2) is 0 Å². The van der Waals surface area contributed by atoms with E-state index < -0.39 is 0 Å². The third-order valence-corrected chi connectivity index (χ3v) is 1.95. The Labute approximate surface area is 79.2 Å². The number of rotatable bonds is 3. The molecule has 4 nitrogen and oxygen atoms in total. The van der Waals surface area contributed by atoms with Crippen LogP contribution < -0.4 is 5.73 Å². The quantitative estimate of drug-likeness (QED) is 0.752. The minimum atomic E-state index is -0.125. The van der Waals surface area contributed by atoms with Crippen molar-refractivity contribution in [2.75, 3.05) is 0 Å². The van der Waals surface area contributed by atoms with Gasteiger partial charge in [0.05, 0.1) is 0 Å². The predicted molar refractivity (Wildman–Crippen MR) is 52.3 cm³/mol. The molecule has 0 amide bonds. The standard InChI is InChI=1S/C9H18N4/c1-7-11-8(13(4)12-7)5-6-9(2,3)10/h5-6,10H2,1-4H3. The van der Waals surface area contributed by atoms with Gasteiger partial charge in [-0.3, -0.25) is 4.68 Å². The van der Waals surface area contributed by atoms with Crippen molar-refractivity contribution in [3.05, 3.63) is 11.6 Å². The molecule has 0 saturated carbocycles. The van der Waals surface area contributed by atoms with Gasteiger partial charge in [-0.15, -0.1) is 0 Å². The van der Waals surface area contributed by atoms with E-state index in [9.17, 15) is 0 Å². The Hall–Kier alpha value is -0.900. The molecule has 0 spiro atoms. The summed E-state index contributed by atoms with van der Waals surface area (Å²) in [4.78, 5) is 4.31. The maximum atomic E-state index is 5.88. The topological polar surface area (TPSA) is 56.7 Å². The first-order valence-electron chi connectivity index (χ1n) is 4.54. The number of hydrogen-bond donors (Lipinski definition) is 1. The number of aromatic nitrogens is 3. The van der Waals surface area contributed by atoms with Crippen LogP contribution in [-0.4, -0.2) is 20.3 Å². The second-order valence-electron chi connectivity index (χ2n) is 4.19. The Morgan fingerprint density at radius 2 is 2.08 bits per heavy atom. The van der Waals surface area contributed by atoms with Gasteiger partial charge in [0.1, 0.15) is 11.6 Å². The van der Waals surface area contributed by atoms with E-state index in [2.05, 4.69) is 10.1 Å². The van der Waals surface area contributed by atoms with Gasteiger partial charge in [-0.05, 0) is 27.2 Å². The van der Waals surface area contributed by atoms with E-state index in [1.54, 1.807) is 0 Å². The largest absolute Gasteiger partial charge is 0.326 e. The van der Waals surface area contributed by atoms with Gasteiger partial charge in [0.25, 0.3) is 0 Å². The molecule has 0 saturated heterocycles. The summed E-state index contributed by atoms with van der Waals surface area (Å²) in [7, 11) is 1.92. The lowest BCUT2D eigenvalue weighted by Crippen LogP contribution is -2.32. The zero-order valence-corrected chi connectivity index (χ0v) is 8.83. The number of nitrogens with zero attached hydrogens (tertiary/aromatic N) is 3. The molecular formula is C9H18N4. The van der Waals surface area contributed by atoms with E-state index in [0.29, 0.717) is 0 Å². The Morgan fingerprint density at radius 1 is 1.46 bits per heavy atom. The lowest BCUT2D eigenvalue weighted by Gasteiger charge is -2.17. The highest BCUT2D eigenvalue weighted by Gasteiger charge is 2.12. The van der Waals surface area contributed by atoms with E-state index in [0.717, 1.165) is 24.5 Å². The summed E-state index contributed by atoms with van der Waals surface area (Å²) in [6.07, 6.45) is 1.82. The molecule has 0 aliphatic carbocycles. The molecule has 74 valence electrons. The minimum absolute atomic E-state index is 0.125. The fourth-order valence-corrected chi connectivity index (χ4v) is 1.21. The van der Waals surface area contributed by atoms with E-state index >= 15 is 0 Å². The van der Waals surface area contributed by atoms with Crippen LogP contribution in [0.2, 0.25) is 0 Å².